The molecule has 1 atom stereocenters. The van der Waals surface area contributed by atoms with Crippen molar-refractivity contribution >= 4 is 22.3 Å². The zero-order valence-electron chi connectivity index (χ0n) is 22.6. The molecule has 0 radical (unpaired) electrons. The number of nitrogens with zero attached hydrogens (tertiary/aromatic N) is 3. The highest BCUT2D eigenvalue weighted by molar-refractivity contribution is 5.97. The van der Waals surface area contributed by atoms with E-state index in [4.69, 9.17) is 18.9 Å². The van der Waals surface area contributed by atoms with Crippen molar-refractivity contribution in [2.75, 3.05) is 45.8 Å². The topological polar surface area (TPSA) is 109 Å². The average molecular weight is 541 g/mol. The maximum atomic E-state index is 9.81. The summed E-state index contributed by atoms with van der Waals surface area (Å²) >= 11 is 0. The molecule has 1 saturated heterocycles. The zero-order valence-corrected chi connectivity index (χ0v) is 22.6. The summed E-state index contributed by atoms with van der Waals surface area (Å²) in [7, 11) is 3.20. The maximum Gasteiger partial charge on any atom is 0.169 e. The molecule has 1 aromatic heterocycles. The molecular formula is C31H32N4O5. The van der Waals surface area contributed by atoms with E-state index in [9.17, 15) is 10.4 Å². The Morgan fingerprint density at radius 1 is 1.02 bits per heavy atom. The van der Waals surface area contributed by atoms with Crippen molar-refractivity contribution in [3.63, 3.8) is 0 Å². The van der Waals surface area contributed by atoms with E-state index in [0.717, 1.165) is 43.5 Å². The van der Waals surface area contributed by atoms with Crippen molar-refractivity contribution in [2.45, 2.75) is 18.9 Å². The van der Waals surface area contributed by atoms with E-state index in [0.29, 0.717) is 52.1 Å². The summed E-state index contributed by atoms with van der Waals surface area (Å²) in [4.78, 5) is 6.74. The van der Waals surface area contributed by atoms with Gasteiger partial charge in [0.05, 0.1) is 43.7 Å². The van der Waals surface area contributed by atoms with Gasteiger partial charge in [0.25, 0.3) is 0 Å². The predicted octanol–water partition coefficient (Wildman–Crippen LogP) is 5.50. The fourth-order valence-electron chi connectivity index (χ4n) is 4.76. The highest BCUT2D eigenvalue weighted by Gasteiger charge is 2.19. The number of β-amino-alcohol motifs (C(OH)–C–C–N with tert-alkyl or cyclic N) is 1. The van der Waals surface area contributed by atoms with Crippen molar-refractivity contribution in [1.82, 2.24) is 9.88 Å². The molecule has 9 nitrogen and oxygen atoms in total. The van der Waals surface area contributed by atoms with Crippen LogP contribution in [0.1, 0.15) is 18.4 Å². The number of para-hydroxylation sites is 2. The Balaban J connectivity index is 1.33. The van der Waals surface area contributed by atoms with Crippen LogP contribution in [0, 0.1) is 11.3 Å². The van der Waals surface area contributed by atoms with E-state index >= 15 is 0 Å². The minimum absolute atomic E-state index is 0.224. The van der Waals surface area contributed by atoms with Crippen LogP contribution in [0.5, 0.6) is 28.7 Å². The molecular weight excluding hydrogens is 508 g/mol. The van der Waals surface area contributed by atoms with Gasteiger partial charge in [-0.1, -0.05) is 12.1 Å². The molecule has 3 aromatic carbocycles. The average Bonchev–Trinajstić information content (AvgIpc) is 3.41. The molecule has 0 amide bonds. The molecule has 2 N–H and O–H groups in total. The lowest BCUT2D eigenvalue weighted by Crippen LogP contribution is -2.24. The number of aromatic nitrogens is 1. The predicted molar refractivity (Wildman–Crippen MR) is 153 cm³/mol. The lowest BCUT2D eigenvalue weighted by Gasteiger charge is -2.17. The van der Waals surface area contributed by atoms with Gasteiger partial charge in [-0.25, -0.2) is 0 Å². The smallest absolute Gasteiger partial charge is 0.169 e. The van der Waals surface area contributed by atoms with Gasteiger partial charge >= 0.3 is 0 Å². The summed E-state index contributed by atoms with van der Waals surface area (Å²) < 4.78 is 23.0. The second kappa shape index (κ2) is 12.6. The summed E-state index contributed by atoms with van der Waals surface area (Å²) in [5.74, 6) is 3.08. The molecule has 5 rings (SSSR count). The van der Waals surface area contributed by atoms with Gasteiger partial charge < -0.3 is 34.3 Å². The molecule has 9 heteroatoms. The number of benzene rings is 3. The summed E-state index contributed by atoms with van der Waals surface area (Å²) in [5, 5.41) is 23.6. The number of anilines is 2. The van der Waals surface area contributed by atoms with E-state index in [-0.39, 0.29) is 6.10 Å². The minimum atomic E-state index is -0.224. The largest absolute Gasteiger partial charge is 0.493 e. The number of nitrogens with one attached hydrogen (secondary N) is 1. The van der Waals surface area contributed by atoms with Gasteiger partial charge in [0, 0.05) is 43.0 Å². The zero-order chi connectivity index (χ0) is 27.9. The molecule has 1 fully saturated rings. The number of fused-ring (bicyclic) bond motifs is 1. The van der Waals surface area contributed by atoms with Gasteiger partial charge in [-0.15, -0.1) is 0 Å². The third-order valence-corrected chi connectivity index (χ3v) is 6.82. The number of pyridine rings is 1. The number of hydrogen-bond acceptors (Lipinski definition) is 9. The number of ether oxygens (including phenoxy) is 4. The van der Waals surface area contributed by atoms with Crippen LogP contribution in [-0.4, -0.2) is 61.6 Å². The quantitative estimate of drug-likeness (QED) is 0.239. The molecule has 0 saturated carbocycles. The Hall–Kier alpha value is -4.52. The highest BCUT2D eigenvalue weighted by Crippen LogP contribution is 2.38. The molecule has 1 aliphatic rings. The van der Waals surface area contributed by atoms with Crippen LogP contribution < -0.4 is 24.3 Å². The van der Waals surface area contributed by atoms with E-state index < -0.39 is 0 Å². The van der Waals surface area contributed by atoms with Crippen LogP contribution >= 0.6 is 0 Å². The SMILES string of the molecule is COc1cc2c(Nc3ccc(Oc4ccccc4OC)cc3)c(C#N)cnc2cc1OCCCN1CC[C@@H](O)C1. The monoisotopic (exact) mass is 540 g/mol. The van der Waals surface area contributed by atoms with E-state index in [1.807, 2.05) is 60.7 Å². The molecule has 206 valence electrons. The van der Waals surface area contributed by atoms with Crippen LogP contribution in [0.4, 0.5) is 11.4 Å². The highest BCUT2D eigenvalue weighted by atomic mass is 16.5. The maximum absolute atomic E-state index is 9.81. The molecule has 2 heterocycles. The van der Waals surface area contributed by atoms with Crippen molar-refractivity contribution in [1.29, 1.82) is 5.26 Å². The second-order valence-electron chi connectivity index (χ2n) is 9.53. The van der Waals surface area contributed by atoms with Crippen LogP contribution in [0.15, 0.2) is 66.9 Å². The fraction of sp³-hybridized carbons (Fsp3) is 0.290. The number of methoxy groups -OCH3 is 2. The minimum Gasteiger partial charge on any atom is -0.493 e. The Labute approximate surface area is 233 Å². The third kappa shape index (κ3) is 6.20. The van der Waals surface area contributed by atoms with Crippen LogP contribution in [0.2, 0.25) is 0 Å². The van der Waals surface area contributed by atoms with Gasteiger partial charge in [0.15, 0.2) is 23.0 Å². The standard InChI is InChI=1S/C31H32N4O5/c1-37-27-6-3-4-7-28(27)40-24-10-8-22(9-11-24)34-31-21(18-32)19-33-26-17-30(29(38-2)16-25(26)31)39-15-5-13-35-14-12-23(36)20-35/h3-4,6-11,16-17,19,23,36H,5,12-15,20H2,1-2H3,(H,33,34)/t23-/m1/s1. The Morgan fingerprint density at radius 2 is 1.80 bits per heavy atom. The number of hydrogen-bond donors (Lipinski definition) is 2. The van der Waals surface area contributed by atoms with E-state index in [1.54, 1.807) is 20.4 Å². The Morgan fingerprint density at radius 3 is 2.50 bits per heavy atom. The lowest BCUT2D eigenvalue weighted by atomic mass is 10.1. The molecule has 0 unspecified atom stereocenters. The number of nitriles is 1. The van der Waals surface area contributed by atoms with Gasteiger partial charge in [-0.3, -0.25) is 4.98 Å². The molecule has 4 aromatic rings. The Kier molecular flexibility index (Phi) is 8.50. The van der Waals surface area contributed by atoms with Crippen molar-refractivity contribution < 1.29 is 24.1 Å². The van der Waals surface area contributed by atoms with Crippen molar-refractivity contribution in [2.24, 2.45) is 0 Å². The summed E-state index contributed by atoms with van der Waals surface area (Å²) in [5.41, 5.74) is 2.49. The van der Waals surface area contributed by atoms with Crippen LogP contribution in [0.25, 0.3) is 10.9 Å². The number of rotatable bonds is 11. The van der Waals surface area contributed by atoms with Crippen molar-refractivity contribution in [3.8, 4) is 34.8 Å². The molecule has 0 bridgehead atoms. The van der Waals surface area contributed by atoms with Gasteiger partial charge in [-0.05, 0) is 55.3 Å². The normalized spacial score (nSPS) is 15.0. The fourth-order valence-corrected chi connectivity index (χ4v) is 4.76. The first kappa shape index (κ1) is 27.1. The molecule has 1 aliphatic heterocycles. The van der Waals surface area contributed by atoms with Gasteiger partial charge in [-0.2, -0.15) is 5.26 Å². The first-order valence-electron chi connectivity index (χ1n) is 13.2. The molecule has 0 spiro atoms. The Bertz CT molecular complexity index is 1500. The first-order valence-corrected chi connectivity index (χ1v) is 13.2. The number of aliphatic hydroxyl groups is 1. The number of likely N-dealkylation sites (tertiary alicyclic amines) is 1. The summed E-state index contributed by atoms with van der Waals surface area (Å²) in [6.07, 6.45) is 2.99. The third-order valence-electron chi connectivity index (χ3n) is 6.82. The van der Waals surface area contributed by atoms with E-state index in [1.165, 1.54) is 0 Å². The molecule has 40 heavy (non-hydrogen) atoms. The van der Waals surface area contributed by atoms with Gasteiger partial charge in [0.1, 0.15) is 11.8 Å². The number of aliphatic hydroxyl groups excluding tert-OH is 1. The summed E-state index contributed by atoms with van der Waals surface area (Å²) in [6, 6.07) is 20.8. The van der Waals surface area contributed by atoms with Crippen LogP contribution in [0.3, 0.4) is 0 Å². The van der Waals surface area contributed by atoms with Gasteiger partial charge in [0.2, 0.25) is 0 Å². The lowest BCUT2D eigenvalue weighted by molar-refractivity contribution is 0.172. The van der Waals surface area contributed by atoms with E-state index in [2.05, 4.69) is 21.3 Å². The summed E-state index contributed by atoms with van der Waals surface area (Å²) in [6.45, 7) is 3.02. The second-order valence-corrected chi connectivity index (χ2v) is 9.53. The molecule has 0 aliphatic carbocycles. The van der Waals surface area contributed by atoms with Crippen LogP contribution in [-0.2, 0) is 0 Å². The van der Waals surface area contributed by atoms with Crippen molar-refractivity contribution in [3.05, 3.63) is 72.4 Å². The first-order chi connectivity index (χ1) is 19.6.